The zero-order chi connectivity index (χ0) is 11.8. The normalized spacial score (nSPS) is 11.0. The van der Waals surface area contributed by atoms with Crippen molar-refractivity contribution in [3.05, 3.63) is 35.9 Å². The van der Waals surface area contributed by atoms with Gasteiger partial charge in [-0.25, -0.2) is 4.79 Å². The monoisotopic (exact) mass is 332 g/mol. The Morgan fingerprint density at radius 3 is 2.75 bits per heavy atom. The topological polar surface area (TPSA) is 50.7 Å². The van der Waals surface area contributed by atoms with Crippen LogP contribution in [0, 0.1) is 0 Å². The molecule has 0 bridgehead atoms. The summed E-state index contributed by atoms with van der Waals surface area (Å²) in [6, 6.07) is 9.84. The minimum absolute atomic E-state index is 0.301. The van der Waals surface area contributed by atoms with E-state index in [-0.39, 0.29) is 0 Å². The fraction of sp³-hybridized carbons (Fsp3) is 0.273. The molecule has 0 atom stereocenters. The molecule has 1 aromatic rings. The lowest BCUT2D eigenvalue weighted by atomic mass is 10.2. The molecule has 0 fully saturated rings. The molecule has 0 aliphatic rings. The van der Waals surface area contributed by atoms with Gasteiger partial charge in [0.15, 0.2) is 0 Å². The number of hydrazone groups is 1. The smallest absolute Gasteiger partial charge is 0.365 e. The van der Waals surface area contributed by atoms with Crippen molar-refractivity contribution in [3.8, 4) is 0 Å². The molecule has 0 amide bonds. The van der Waals surface area contributed by atoms with Gasteiger partial charge in [0.05, 0.1) is 13.2 Å². The number of carbonyl (C=O) groups is 1. The van der Waals surface area contributed by atoms with E-state index in [4.69, 9.17) is 4.74 Å². The van der Waals surface area contributed by atoms with E-state index in [0.29, 0.717) is 16.9 Å². The summed E-state index contributed by atoms with van der Waals surface area (Å²) in [5, 5.41) is 3.92. The van der Waals surface area contributed by atoms with Crippen LogP contribution in [0.4, 0.5) is 0 Å². The van der Waals surface area contributed by atoms with E-state index in [1.807, 2.05) is 52.9 Å². The largest absolute Gasteiger partial charge is 0.461 e. The van der Waals surface area contributed by atoms with Crippen LogP contribution in [0.1, 0.15) is 12.5 Å². The Morgan fingerprint density at radius 1 is 1.44 bits per heavy atom. The van der Waals surface area contributed by atoms with Gasteiger partial charge in [-0.15, -0.1) is 0 Å². The van der Waals surface area contributed by atoms with Gasteiger partial charge >= 0.3 is 5.97 Å². The third-order valence-electron chi connectivity index (χ3n) is 1.75. The van der Waals surface area contributed by atoms with Gasteiger partial charge in [0.25, 0.3) is 0 Å². The zero-order valence-electron chi connectivity index (χ0n) is 8.94. The van der Waals surface area contributed by atoms with E-state index in [9.17, 15) is 4.79 Å². The van der Waals surface area contributed by atoms with Gasteiger partial charge in [0.1, 0.15) is 0 Å². The fourth-order valence-corrected chi connectivity index (χ4v) is 1.36. The maximum atomic E-state index is 11.2. The average Bonchev–Trinajstić information content (AvgIpc) is 2.30. The molecule has 0 unspecified atom stereocenters. The van der Waals surface area contributed by atoms with E-state index in [2.05, 4.69) is 10.5 Å². The molecule has 4 nitrogen and oxygen atoms in total. The number of hydrogen-bond acceptors (Lipinski definition) is 4. The quantitative estimate of drug-likeness (QED) is 0.389. The van der Waals surface area contributed by atoms with Crippen LogP contribution in [0.5, 0.6) is 0 Å². The Morgan fingerprint density at radius 2 is 2.12 bits per heavy atom. The first kappa shape index (κ1) is 13.0. The molecule has 0 saturated carbocycles. The SMILES string of the molecule is CCOC(=O)/C(I)=N/NCc1ccccc1. The summed E-state index contributed by atoms with van der Waals surface area (Å²) in [5.41, 5.74) is 3.93. The molecule has 0 aliphatic heterocycles. The Balaban J connectivity index is 2.39. The van der Waals surface area contributed by atoms with E-state index in [1.54, 1.807) is 6.92 Å². The predicted molar refractivity (Wildman–Crippen MR) is 71.4 cm³/mol. The van der Waals surface area contributed by atoms with E-state index < -0.39 is 5.97 Å². The van der Waals surface area contributed by atoms with Crippen LogP contribution in [0.15, 0.2) is 35.4 Å². The zero-order valence-corrected chi connectivity index (χ0v) is 11.1. The van der Waals surface area contributed by atoms with Crippen molar-refractivity contribution in [1.29, 1.82) is 0 Å². The molecule has 1 N–H and O–H groups in total. The molecule has 0 radical (unpaired) electrons. The van der Waals surface area contributed by atoms with Crippen LogP contribution in [-0.2, 0) is 16.1 Å². The number of hydrogen-bond donors (Lipinski definition) is 1. The summed E-state index contributed by atoms with van der Waals surface area (Å²) in [6.07, 6.45) is 0. The number of carbonyl (C=O) groups excluding carboxylic acids is 1. The van der Waals surface area contributed by atoms with Gasteiger partial charge < -0.3 is 10.2 Å². The number of esters is 1. The highest BCUT2D eigenvalue weighted by molar-refractivity contribution is 14.1. The van der Waals surface area contributed by atoms with Gasteiger partial charge in [-0.05, 0) is 35.1 Å². The second-order valence-corrected chi connectivity index (χ2v) is 3.97. The lowest BCUT2D eigenvalue weighted by Gasteiger charge is -2.02. The van der Waals surface area contributed by atoms with Crippen LogP contribution in [0.25, 0.3) is 0 Å². The Kier molecular flexibility index (Phi) is 5.84. The van der Waals surface area contributed by atoms with Crippen LogP contribution in [0.2, 0.25) is 0 Å². The van der Waals surface area contributed by atoms with Crippen molar-refractivity contribution in [1.82, 2.24) is 5.43 Å². The molecule has 1 aromatic carbocycles. The minimum Gasteiger partial charge on any atom is -0.461 e. The van der Waals surface area contributed by atoms with E-state index >= 15 is 0 Å². The molecule has 0 spiro atoms. The van der Waals surface area contributed by atoms with Gasteiger partial charge in [-0.2, -0.15) is 5.10 Å². The molecule has 0 heterocycles. The highest BCUT2D eigenvalue weighted by atomic mass is 127. The molecule has 5 heteroatoms. The van der Waals surface area contributed by atoms with Crippen molar-refractivity contribution in [2.45, 2.75) is 13.5 Å². The molecular weight excluding hydrogens is 319 g/mol. The maximum Gasteiger partial charge on any atom is 0.365 e. The lowest BCUT2D eigenvalue weighted by Crippen LogP contribution is -2.16. The van der Waals surface area contributed by atoms with E-state index in [1.165, 1.54) is 0 Å². The fourth-order valence-electron chi connectivity index (χ4n) is 1.03. The van der Waals surface area contributed by atoms with Crippen LogP contribution in [-0.4, -0.2) is 16.3 Å². The average molecular weight is 332 g/mol. The first-order valence-corrected chi connectivity index (χ1v) is 5.99. The summed E-state index contributed by atoms with van der Waals surface area (Å²) < 4.78 is 5.09. The van der Waals surface area contributed by atoms with Gasteiger partial charge in [0, 0.05) is 0 Å². The molecular formula is C11H13IN2O2. The van der Waals surface area contributed by atoms with Crippen LogP contribution < -0.4 is 5.43 Å². The molecule has 0 aromatic heterocycles. The third kappa shape index (κ3) is 4.61. The van der Waals surface area contributed by atoms with Crippen molar-refractivity contribution in [2.75, 3.05) is 6.61 Å². The highest BCUT2D eigenvalue weighted by Gasteiger charge is 2.07. The summed E-state index contributed by atoms with van der Waals surface area (Å²) in [6.45, 7) is 2.71. The lowest BCUT2D eigenvalue weighted by molar-refractivity contribution is -0.134. The van der Waals surface area contributed by atoms with Crippen LogP contribution in [0.3, 0.4) is 0 Å². The summed E-state index contributed by atoms with van der Waals surface area (Å²) in [5.74, 6) is -0.399. The van der Waals surface area contributed by atoms with Crippen LogP contribution >= 0.6 is 22.6 Å². The standard InChI is InChI=1S/C11H13IN2O2/c1-2-16-11(15)10(12)14-13-8-9-6-4-3-5-7-9/h3-7,13H,2,8H2,1H3/b14-10-. The molecule has 0 aliphatic carbocycles. The number of rotatable bonds is 5. The molecule has 86 valence electrons. The maximum absolute atomic E-state index is 11.2. The molecule has 0 saturated heterocycles. The Labute approximate surface area is 108 Å². The predicted octanol–water partition coefficient (Wildman–Crippen LogP) is 2.09. The first-order valence-electron chi connectivity index (χ1n) is 4.91. The second kappa shape index (κ2) is 7.21. The minimum atomic E-state index is -0.399. The van der Waals surface area contributed by atoms with Crippen molar-refractivity contribution in [2.24, 2.45) is 5.10 Å². The van der Waals surface area contributed by atoms with Crippen molar-refractivity contribution >= 4 is 32.3 Å². The third-order valence-corrected chi connectivity index (χ3v) is 2.43. The number of ether oxygens (including phenoxy) is 1. The number of nitrogens with one attached hydrogen (secondary N) is 1. The van der Waals surface area contributed by atoms with Crippen molar-refractivity contribution < 1.29 is 9.53 Å². The summed E-state index contributed by atoms with van der Waals surface area (Å²) >= 11 is 1.85. The van der Waals surface area contributed by atoms with Gasteiger partial charge in [0.2, 0.25) is 3.72 Å². The van der Waals surface area contributed by atoms with Crippen molar-refractivity contribution in [3.63, 3.8) is 0 Å². The van der Waals surface area contributed by atoms with E-state index in [0.717, 1.165) is 5.56 Å². The number of benzene rings is 1. The molecule has 16 heavy (non-hydrogen) atoms. The number of halogens is 1. The first-order chi connectivity index (χ1) is 7.74. The number of nitrogens with zero attached hydrogens (tertiary/aromatic N) is 1. The Bertz CT molecular complexity index is 366. The summed E-state index contributed by atoms with van der Waals surface area (Å²) in [4.78, 5) is 11.2. The second-order valence-electron chi connectivity index (χ2n) is 2.94. The van der Waals surface area contributed by atoms with Gasteiger partial charge in [-0.3, -0.25) is 0 Å². The highest BCUT2D eigenvalue weighted by Crippen LogP contribution is 1.98. The Hall–Kier alpha value is -1.11. The molecule has 1 rings (SSSR count). The summed E-state index contributed by atoms with van der Waals surface area (Å²) in [7, 11) is 0. The van der Waals surface area contributed by atoms with Gasteiger partial charge in [-0.1, -0.05) is 30.3 Å².